The van der Waals surface area contributed by atoms with E-state index >= 15 is 4.39 Å². The number of hydrogen-bond acceptors (Lipinski definition) is 8. The molecule has 3 aromatic heterocycles. The lowest BCUT2D eigenvalue weighted by Gasteiger charge is -2.18. The maximum atomic E-state index is 15.2. The second kappa shape index (κ2) is 12.1. The van der Waals surface area contributed by atoms with Crippen LogP contribution in [-0.2, 0) is 6.54 Å². The quantitative estimate of drug-likeness (QED) is 0.293. The summed E-state index contributed by atoms with van der Waals surface area (Å²) in [5, 5.41) is 16.0. The van der Waals surface area contributed by atoms with Gasteiger partial charge in [0.1, 0.15) is 18.1 Å². The van der Waals surface area contributed by atoms with Gasteiger partial charge in [-0.25, -0.2) is 9.37 Å². The standard InChI is InChI=1S/C26H33F2N9O/c1-5-35(6-2)11-12-38-22-8-7-21(23(27)24(22)28)37-26(32-33-34-37)20-13-18(14-30-25(20)29)19-15-31-36(16-19)10-9-17(3)4/h7-8,13-17H,5-6,9-12H2,1-4H3,(H2,29,30). The molecular weight excluding hydrogens is 492 g/mol. The molecule has 10 nitrogen and oxygen atoms in total. The SMILES string of the molecule is CCN(CC)CCOc1ccc(-n2nnnc2-c2cc(-c3cnn(CCC(C)C)c3)cnc2N)c(F)c1F. The van der Waals surface area contributed by atoms with Crippen LogP contribution in [0, 0.1) is 17.6 Å². The van der Waals surface area contributed by atoms with E-state index in [9.17, 15) is 4.39 Å². The van der Waals surface area contributed by atoms with Gasteiger partial charge in [0, 0.05) is 36.6 Å². The van der Waals surface area contributed by atoms with Crippen molar-refractivity contribution in [2.45, 2.75) is 40.7 Å². The zero-order valence-corrected chi connectivity index (χ0v) is 22.1. The third kappa shape index (κ3) is 5.96. The molecule has 0 bridgehead atoms. The number of likely N-dealkylation sites (N-methyl/N-ethyl adjacent to an activating group) is 1. The van der Waals surface area contributed by atoms with Crippen molar-refractivity contribution in [3.8, 4) is 34.0 Å². The highest BCUT2D eigenvalue weighted by molar-refractivity contribution is 5.76. The van der Waals surface area contributed by atoms with Crippen molar-refractivity contribution in [2.24, 2.45) is 5.92 Å². The maximum Gasteiger partial charge on any atom is 0.202 e. The highest BCUT2D eigenvalue weighted by atomic mass is 19.2. The molecule has 3 heterocycles. The van der Waals surface area contributed by atoms with Gasteiger partial charge in [-0.1, -0.05) is 27.7 Å². The Balaban J connectivity index is 1.60. The lowest BCUT2D eigenvalue weighted by molar-refractivity contribution is 0.215. The average Bonchev–Trinajstić information content (AvgIpc) is 3.58. The number of nitrogen functional groups attached to an aromatic ring is 1. The van der Waals surface area contributed by atoms with E-state index in [0.717, 1.165) is 41.9 Å². The van der Waals surface area contributed by atoms with Crippen molar-refractivity contribution in [3.05, 3.63) is 48.4 Å². The number of rotatable bonds is 12. The number of anilines is 1. The molecule has 0 saturated carbocycles. The molecule has 0 amide bonds. The molecule has 38 heavy (non-hydrogen) atoms. The highest BCUT2D eigenvalue weighted by Gasteiger charge is 2.22. The van der Waals surface area contributed by atoms with Crippen LogP contribution in [0.2, 0.25) is 0 Å². The van der Waals surface area contributed by atoms with Crippen molar-refractivity contribution in [1.82, 2.24) is 39.9 Å². The summed E-state index contributed by atoms with van der Waals surface area (Å²) in [6.07, 6.45) is 6.30. The molecule has 0 aliphatic heterocycles. The van der Waals surface area contributed by atoms with Crippen LogP contribution in [0.15, 0.2) is 36.8 Å². The van der Waals surface area contributed by atoms with Crippen LogP contribution in [0.4, 0.5) is 14.6 Å². The number of tetrazole rings is 1. The molecule has 1 aromatic carbocycles. The van der Waals surface area contributed by atoms with Gasteiger partial charge in [0.2, 0.25) is 5.82 Å². The zero-order chi connectivity index (χ0) is 27.2. The Morgan fingerprint density at radius 3 is 2.61 bits per heavy atom. The normalized spacial score (nSPS) is 11.6. The minimum absolute atomic E-state index is 0.123. The number of benzene rings is 1. The number of aromatic nitrogens is 7. The fourth-order valence-corrected chi connectivity index (χ4v) is 3.98. The zero-order valence-electron chi connectivity index (χ0n) is 22.1. The first-order valence-electron chi connectivity index (χ1n) is 12.7. The molecule has 0 spiro atoms. The summed E-state index contributed by atoms with van der Waals surface area (Å²) in [5.74, 6) is -1.59. The van der Waals surface area contributed by atoms with Gasteiger partial charge in [-0.2, -0.15) is 14.2 Å². The molecule has 4 rings (SSSR count). The van der Waals surface area contributed by atoms with Gasteiger partial charge in [-0.05, 0) is 54.1 Å². The minimum Gasteiger partial charge on any atom is -0.489 e. The largest absolute Gasteiger partial charge is 0.489 e. The Kier molecular flexibility index (Phi) is 8.62. The molecule has 2 N–H and O–H groups in total. The van der Waals surface area contributed by atoms with Crippen LogP contribution in [0.3, 0.4) is 0 Å². The predicted octanol–water partition coefficient (Wildman–Crippen LogP) is 4.21. The van der Waals surface area contributed by atoms with Gasteiger partial charge in [-0.15, -0.1) is 5.10 Å². The van der Waals surface area contributed by atoms with Gasteiger partial charge in [0.05, 0.1) is 11.8 Å². The van der Waals surface area contributed by atoms with E-state index in [-0.39, 0.29) is 29.7 Å². The van der Waals surface area contributed by atoms with Gasteiger partial charge in [0.25, 0.3) is 0 Å². The van der Waals surface area contributed by atoms with Crippen LogP contribution in [0.5, 0.6) is 5.75 Å². The number of nitrogens with two attached hydrogens (primary N) is 1. The molecule has 12 heteroatoms. The summed E-state index contributed by atoms with van der Waals surface area (Å²) in [4.78, 5) is 6.41. The molecule has 202 valence electrons. The third-order valence-electron chi connectivity index (χ3n) is 6.35. The second-order valence-electron chi connectivity index (χ2n) is 9.33. The summed E-state index contributed by atoms with van der Waals surface area (Å²) in [6, 6.07) is 4.50. The van der Waals surface area contributed by atoms with E-state index in [1.807, 2.05) is 24.7 Å². The number of pyridine rings is 1. The topological polar surface area (TPSA) is 113 Å². The fraction of sp³-hybridized carbons (Fsp3) is 0.423. The van der Waals surface area contributed by atoms with E-state index in [1.165, 1.54) is 12.1 Å². The van der Waals surface area contributed by atoms with E-state index in [2.05, 4.69) is 44.4 Å². The smallest absolute Gasteiger partial charge is 0.202 e. The van der Waals surface area contributed by atoms with Crippen molar-refractivity contribution in [3.63, 3.8) is 0 Å². The number of halogens is 2. The molecule has 0 radical (unpaired) electrons. The lowest BCUT2D eigenvalue weighted by atomic mass is 10.1. The first-order chi connectivity index (χ1) is 18.3. The number of hydrogen-bond donors (Lipinski definition) is 1. The summed E-state index contributed by atoms with van der Waals surface area (Å²) < 4.78 is 38.6. The van der Waals surface area contributed by atoms with Crippen LogP contribution in [0.1, 0.15) is 34.1 Å². The molecule has 4 aromatic rings. The summed E-state index contributed by atoms with van der Waals surface area (Å²) >= 11 is 0. The Labute approximate surface area is 220 Å². The number of nitrogens with zero attached hydrogens (tertiary/aromatic N) is 8. The summed E-state index contributed by atoms with van der Waals surface area (Å²) in [6.45, 7) is 11.7. The van der Waals surface area contributed by atoms with Crippen molar-refractivity contribution in [2.75, 3.05) is 32.0 Å². The van der Waals surface area contributed by atoms with Crippen LogP contribution >= 0.6 is 0 Å². The lowest BCUT2D eigenvalue weighted by Crippen LogP contribution is -2.28. The molecule has 0 saturated heterocycles. The Morgan fingerprint density at radius 1 is 1.08 bits per heavy atom. The monoisotopic (exact) mass is 525 g/mol. The van der Waals surface area contributed by atoms with Crippen LogP contribution in [-0.4, -0.2) is 66.1 Å². The molecule has 0 atom stereocenters. The Hall–Kier alpha value is -3.93. The van der Waals surface area contributed by atoms with Crippen LogP contribution in [0.25, 0.3) is 28.2 Å². The Bertz CT molecular complexity index is 1360. The first-order valence-corrected chi connectivity index (χ1v) is 12.7. The molecule has 0 aliphatic rings. The first kappa shape index (κ1) is 27.1. The van der Waals surface area contributed by atoms with Gasteiger partial charge >= 0.3 is 0 Å². The average molecular weight is 526 g/mol. The third-order valence-corrected chi connectivity index (χ3v) is 6.35. The Morgan fingerprint density at radius 2 is 1.87 bits per heavy atom. The highest BCUT2D eigenvalue weighted by Crippen LogP contribution is 2.31. The van der Waals surface area contributed by atoms with Crippen molar-refractivity contribution >= 4 is 5.82 Å². The minimum atomic E-state index is -1.13. The summed E-state index contributed by atoms with van der Waals surface area (Å²) in [5.41, 5.74) is 7.93. The number of ether oxygens (including phenoxy) is 1. The maximum absolute atomic E-state index is 15.2. The van der Waals surface area contributed by atoms with E-state index < -0.39 is 11.6 Å². The molecule has 0 unspecified atom stereocenters. The van der Waals surface area contributed by atoms with E-state index in [1.54, 1.807) is 18.5 Å². The van der Waals surface area contributed by atoms with E-state index in [4.69, 9.17) is 10.5 Å². The van der Waals surface area contributed by atoms with Gasteiger partial charge in [0.15, 0.2) is 17.4 Å². The second-order valence-corrected chi connectivity index (χ2v) is 9.33. The molecule has 0 fully saturated rings. The van der Waals surface area contributed by atoms with Crippen molar-refractivity contribution in [1.29, 1.82) is 0 Å². The number of aryl methyl sites for hydroxylation is 1. The van der Waals surface area contributed by atoms with E-state index in [0.29, 0.717) is 18.0 Å². The molecular formula is C26H33F2N9O. The van der Waals surface area contributed by atoms with Crippen molar-refractivity contribution < 1.29 is 13.5 Å². The van der Waals surface area contributed by atoms with Gasteiger partial charge < -0.3 is 15.4 Å². The van der Waals surface area contributed by atoms with Gasteiger partial charge in [-0.3, -0.25) is 4.68 Å². The summed E-state index contributed by atoms with van der Waals surface area (Å²) in [7, 11) is 0. The van der Waals surface area contributed by atoms with Crippen LogP contribution < -0.4 is 10.5 Å². The predicted molar refractivity (Wildman–Crippen MR) is 141 cm³/mol. The molecule has 0 aliphatic carbocycles. The fourth-order valence-electron chi connectivity index (χ4n) is 3.98.